The molecular formula is C20H22BrNO3. The number of fused-ring (bicyclic) bond motifs is 1. The Labute approximate surface area is 156 Å². The van der Waals surface area contributed by atoms with Crippen molar-refractivity contribution < 1.29 is 14.3 Å². The number of carbonyl (C=O) groups excluding carboxylic acids is 1. The van der Waals surface area contributed by atoms with Crippen LogP contribution in [-0.2, 0) is 4.79 Å². The van der Waals surface area contributed by atoms with Crippen LogP contribution in [-0.4, -0.2) is 18.1 Å². The smallest absolute Gasteiger partial charge is 0.258 e. The van der Waals surface area contributed by atoms with E-state index in [4.69, 9.17) is 9.47 Å². The lowest BCUT2D eigenvalue weighted by atomic mass is 9.89. The van der Waals surface area contributed by atoms with Crippen LogP contribution >= 0.6 is 15.9 Å². The molecule has 0 saturated heterocycles. The summed E-state index contributed by atoms with van der Waals surface area (Å²) in [5.74, 6) is 1.37. The normalized spacial score (nSPS) is 18.0. The van der Waals surface area contributed by atoms with Gasteiger partial charge in [-0.15, -0.1) is 0 Å². The Morgan fingerprint density at radius 1 is 1.28 bits per heavy atom. The van der Waals surface area contributed by atoms with Gasteiger partial charge in [-0.25, -0.2) is 0 Å². The van der Waals surface area contributed by atoms with E-state index < -0.39 is 0 Å². The lowest BCUT2D eigenvalue weighted by molar-refractivity contribution is -0.124. The molecule has 25 heavy (non-hydrogen) atoms. The predicted molar refractivity (Wildman–Crippen MR) is 101 cm³/mol. The van der Waals surface area contributed by atoms with Crippen molar-refractivity contribution in [3.8, 4) is 11.5 Å². The summed E-state index contributed by atoms with van der Waals surface area (Å²) in [4.78, 5) is 12.4. The molecule has 5 heteroatoms. The number of ether oxygens (including phenoxy) is 2. The van der Waals surface area contributed by atoms with Crippen LogP contribution in [0.15, 0.2) is 46.9 Å². The van der Waals surface area contributed by atoms with Crippen LogP contribution in [0.2, 0.25) is 0 Å². The minimum Gasteiger partial charge on any atom is -0.487 e. The van der Waals surface area contributed by atoms with Crippen LogP contribution in [0.25, 0.3) is 0 Å². The molecule has 4 nitrogen and oxygen atoms in total. The number of aryl methyl sites for hydroxylation is 1. The third-order valence-electron chi connectivity index (χ3n) is 4.15. The Kier molecular flexibility index (Phi) is 5.04. The molecule has 0 spiro atoms. The highest BCUT2D eigenvalue weighted by Crippen LogP contribution is 2.39. The molecule has 0 aliphatic carbocycles. The van der Waals surface area contributed by atoms with Crippen molar-refractivity contribution in [3.05, 3.63) is 58.1 Å². The molecule has 0 fully saturated rings. The first kappa shape index (κ1) is 17.8. The number of benzene rings is 2. The number of hydrogen-bond acceptors (Lipinski definition) is 3. The highest BCUT2D eigenvalue weighted by atomic mass is 79.9. The van der Waals surface area contributed by atoms with Crippen molar-refractivity contribution >= 4 is 21.8 Å². The first-order chi connectivity index (χ1) is 11.8. The zero-order valence-electron chi connectivity index (χ0n) is 14.6. The summed E-state index contributed by atoms with van der Waals surface area (Å²) in [6.07, 6.45) is 0.715. The molecule has 1 aliphatic heterocycles. The largest absolute Gasteiger partial charge is 0.487 e. The topological polar surface area (TPSA) is 47.6 Å². The number of halogens is 1. The van der Waals surface area contributed by atoms with E-state index in [0.717, 1.165) is 21.3 Å². The molecule has 132 valence electrons. The van der Waals surface area contributed by atoms with E-state index in [1.807, 2.05) is 63.2 Å². The summed E-state index contributed by atoms with van der Waals surface area (Å²) in [7, 11) is 0. The Morgan fingerprint density at radius 3 is 2.72 bits per heavy atom. The van der Waals surface area contributed by atoms with Gasteiger partial charge >= 0.3 is 0 Å². The maximum absolute atomic E-state index is 12.4. The molecule has 0 radical (unpaired) electrons. The molecule has 0 saturated carbocycles. The van der Waals surface area contributed by atoms with Crippen LogP contribution in [0.5, 0.6) is 11.5 Å². The van der Waals surface area contributed by atoms with Gasteiger partial charge in [0.1, 0.15) is 17.1 Å². The minimum atomic E-state index is -0.328. The lowest BCUT2D eigenvalue weighted by Crippen LogP contribution is -2.42. The van der Waals surface area contributed by atoms with Crippen LogP contribution in [0, 0.1) is 6.92 Å². The zero-order chi connectivity index (χ0) is 18.0. The van der Waals surface area contributed by atoms with Crippen molar-refractivity contribution in [3.63, 3.8) is 0 Å². The maximum Gasteiger partial charge on any atom is 0.258 e. The summed E-state index contributed by atoms with van der Waals surface area (Å²) in [6.45, 7) is 6.09. The van der Waals surface area contributed by atoms with E-state index in [-0.39, 0.29) is 24.2 Å². The SMILES string of the molecule is Cc1ccc2c(c1)OC(C)(C)C[C@H]2NC(=O)COc1ccc(Br)cc1. The van der Waals surface area contributed by atoms with E-state index in [1.165, 1.54) is 0 Å². The van der Waals surface area contributed by atoms with Gasteiger partial charge in [0, 0.05) is 16.5 Å². The van der Waals surface area contributed by atoms with Crippen LogP contribution in [0.1, 0.15) is 37.4 Å². The van der Waals surface area contributed by atoms with Crippen molar-refractivity contribution in [2.75, 3.05) is 6.61 Å². The van der Waals surface area contributed by atoms with Crippen molar-refractivity contribution in [2.45, 2.75) is 38.8 Å². The van der Waals surface area contributed by atoms with Gasteiger partial charge in [0.05, 0.1) is 6.04 Å². The zero-order valence-corrected chi connectivity index (χ0v) is 16.2. The first-order valence-electron chi connectivity index (χ1n) is 8.30. The van der Waals surface area contributed by atoms with Gasteiger partial charge < -0.3 is 14.8 Å². The van der Waals surface area contributed by atoms with E-state index in [0.29, 0.717) is 12.2 Å². The molecule has 1 atom stereocenters. The molecule has 3 rings (SSSR count). The fourth-order valence-corrected chi connectivity index (χ4v) is 3.27. The monoisotopic (exact) mass is 403 g/mol. The van der Waals surface area contributed by atoms with Gasteiger partial charge in [-0.1, -0.05) is 28.1 Å². The average Bonchev–Trinajstić information content (AvgIpc) is 2.52. The van der Waals surface area contributed by atoms with Crippen molar-refractivity contribution in [2.24, 2.45) is 0 Å². The second-order valence-electron chi connectivity index (χ2n) is 6.97. The standard InChI is InChI=1S/C20H22BrNO3/c1-13-4-9-16-17(11-20(2,3)25-18(16)10-13)22-19(23)12-24-15-7-5-14(21)6-8-15/h4-10,17H,11-12H2,1-3H3,(H,22,23)/t17-/m1/s1. The van der Waals surface area contributed by atoms with Gasteiger partial charge in [-0.3, -0.25) is 4.79 Å². The summed E-state index contributed by atoms with van der Waals surface area (Å²) in [6, 6.07) is 13.4. The number of amides is 1. The lowest BCUT2D eigenvalue weighted by Gasteiger charge is -2.38. The van der Waals surface area contributed by atoms with E-state index >= 15 is 0 Å². The number of rotatable bonds is 4. The Balaban J connectivity index is 1.67. The van der Waals surface area contributed by atoms with Crippen LogP contribution in [0.3, 0.4) is 0 Å². The Hall–Kier alpha value is -2.01. The summed E-state index contributed by atoms with van der Waals surface area (Å²) >= 11 is 3.38. The molecule has 1 aliphatic rings. The summed E-state index contributed by atoms with van der Waals surface area (Å²) in [5, 5.41) is 3.08. The molecule has 1 amide bonds. The Morgan fingerprint density at radius 2 is 2.00 bits per heavy atom. The van der Waals surface area contributed by atoms with Crippen LogP contribution in [0.4, 0.5) is 0 Å². The number of carbonyl (C=O) groups is 1. The quantitative estimate of drug-likeness (QED) is 0.813. The van der Waals surface area contributed by atoms with E-state index in [1.54, 1.807) is 0 Å². The fourth-order valence-electron chi connectivity index (χ4n) is 3.00. The molecule has 0 bridgehead atoms. The second kappa shape index (κ2) is 7.08. The summed E-state index contributed by atoms with van der Waals surface area (Å²) in [5.41, 5.74) is 1.83. The first-order valence-corrected chi connectivity index (χ1v) is 9.09. The molecule has 2 aromatic rings. The van der Waals surface area contributed by atoms with Gasteiger partial charge in [-0.2, -0.15) is 0 Å². The second-order valence-corrected chi connectivity index (χ2v) is 7.89. The minimum absolute atomic E-state index is 0.0133. The molecule has 0 unspecified atom stereocenters. The molecular weight excluding hydrogens is 382 g/mol. The maximum atomic E-state index is 12.4. The molecule has 0 aromatic heterocycles. The van der Waals surface area contributed by atoms with Gasteiger partial charge in [0.2, 0.25) is 0 Å². The molecule has 2 aromatic carbocycles. The fraction of sp³-hybridized carbons (Fsp3) is 0.350. The average molecular weight is 404 g/mol. The van der Waals surface area contributed by atoms with E-state index in [2.05, 4.69) is 21.2 Å². The predicted octanol–water partition coefficient (Wildman–Crippen LogP) is 4.55. The molecule has 1 N–H and O–H groups in total. The highest BCUT2D eigenvalue weighted by molar-refractivity contribution is 9.10. The van der Waals surface area contributed by atoms with Gasteiger partial charge in [-0.05, 0) is 56.7 Å². The van der Waals surface area contributed by atoms with Crippen molar-refractivity contribution in [1.82, 2.24) is 5.32 Å². The third-order valence-corrected chi connectivity index (χ3v) is 4.67. The van der Waals surface area contributed by atoms with E-state index in [9.17, 15) is 4.79 Å². The number of nitrogens with one attached hydrogen (secondary N) is 1. The van der Waals surface area contributed by atoms with Gasteiger partial charge in [0.15, 0.2) is 6.61 Å². The van der Waals surface area contributed by atoms with Crippen molar-refractivity contribution in [1.29, 1.82) is 0 Å². The number of hydrogen-bond donors (Lipinski definition) is 1. The van der Waals surface area contributed by atoms with Crippen LogP contribution < -0.4 is 14.8 Å². The molecule has 1 heterocycles. The Bertz CT molecular complexity index is 771. The summed E-state index contributed by atoms with van der Waals surface area (Å²) < 4.78 is 12.6. The highest BCUT2D eigenvalue weighted by Gasteiger charge is 2.34. The third kappa shape index (κ3) is 4.54. The van der Waals surface area contributed by atoms with Gasteiger partial charge in [0.25, 0.3) is 5.91 Å².